The number of esters is 3. The molecule has 3 heterocycles. The van der Waals surface area contributed by atoms with E-state index in [2.05, 4.69) is 18.5 Å². The Kier molecular flexibility index (Phi) is 7.38. The van der Waals surface area contributed by atoms with E-state index in [1.54, 1.807) is 67.6 Å². The highest BCUT2D eigenvalue weighted by molar-refractivity contribution is 5.95. The Hall–Kier alpha value is -4.32. The molecule has 11 nitrogen and oxygen atoms in total. The highest BCUT2D eigenvalue weighted by Gasteiger charge is 2.72. The third-order valence-electron chi connectivity index (χ3n) is 10.1. The Labute approximate surface area is 265 Å². The van der Waals surface area contributed by atoms with E-state index >= 15 is 0 Å². The minimum absolute atomic E-state index is 0.199. The van der Waals surface area contributed by atoms with Gasteiger partial charge in [-0.15, -0.1) is 0 Å². The van der Waals surface area contributed by atoms with Crippen molar-refractivity contribution in [1.82, 2.24) is 5.32 Å². The highest BCUT2D eigenvalue weighted by Crippen LogP contribution is 2.61. The SMILES string of the molecule is C=C1C(=O)O[C@H]2[C@H]1[C@@H](OC(=O)[C@@]1(C)CO1)CC(=C)[C@@H]1C[C@H](OC(=O)[C@H](O)[C@@H](NC(=O)c3ccccc3)c3ccccc3)[C@@]3(CO3)[C@H]21. The van der Waals surface area contributed by atoms with Crippen LogP contribution < -0.4 is 5.32 Å². The van der Waals surface area contributed by atoms with Crippen LogP contribution in [0.1, 0.15) is 41.7 Å². The molecule has 5 aliphatic rings. The van der Waals surface area contributed by atoms with Gasteiger partial charge in [-0.25, -0.2) is 14.4 Å². The summed E-state index contributed by atoms with van der Waals surface area (Å²) in [6.07, 6.45) is -3.49. The predicted octanol–water partition coefficient (Wildman–Crippen LogP) is 2.59. The largest absolute Gasteiger partial charge is 0.459 e. The highest BCUT2D eigenvalue weighted by atomic mass is 16.7. The lowest BCUT2D eigenvalue weighted by Gasteiger charge is -2.31. The van der Waals surface area contributed by atoms with E-state index < -0.39 is 77.3 Å². The molecule has 0 radical (unpaired) electrons. The van der Waals surface area contributed by atoms with Crippen LogP contribution in [-0.4, -0.2) is 77.8 Å². The molecule has 2 aliphatic carbocycles. The van der Waals surface area contributed by atoms with Gasteiger partial charge < -0.3 is 34.1 Å². The summed E-state index contributed by atoms with van der Waals surface area (Å²) in [7, 11) is 0. The minimum atomic E-state index is -1.74. The molecule has 0 aromatic heterocycles. The van der Waals surface area contributed by atoms with Crippen LogP contribution in [0, 0.1) is 17.8 Å². The van der Waals surface area contributed by atoms with Gasteiger partial charge in [0.25, 0.3) is 5.91 Å². The van der Waals surface area contributed by atoms with Crippen LogP contribution in [0.3, 0.4) is 0 Å². The molecule has 7 rings (SSSR count). The number of hydrogen-bond donors (Lipinski definition) is 2. The molecule has 5 fully saturated rings. The van der Waals surface area contributed by atoms with Gasteiger partial charge in [0.05, 0.1) is 25.2 Å². The standard InChI is InChI=1S/C35H35NO10/c1-18-14-23(44-33(41)34(3)16-42-34)25-19(2)31(39)46-29(25)26-22(18)15-24(35(26)17-43-35)45-32(40)28(37)27(20-10-6-4-7-11-20)36-30(38)21-12-8-5-9-13-21/h4-13,22-29,37H,1-2,14-17H2,3H3,(H,36,38)/t22-,23-,24-,25+,26-,27-,28+,29-,34+,35-/m0/s1. The van der Waals surface area contributed by atoms with Gasteiger partial charge in [-0.2, -0.15) is 0 Å². The number of rotatable bonds is 8. The van der Waals surface area contributed by atoms with E-state index in [1.807, 2.05) is 0 Å². The molecule has 2 saturated carbocycles. The first-order valence-electron chi connectivity index (χ1n) is 15.4. The molecule has 11 heteroatoms. The monoisotopic (exact) mass is 629 g/mol. The maximum absolute atomic E-state index is 13.6. The van der Waals surface area contributed by atoms with E-state index in [0.29, 0.717) is 17.5 Å². The molecule has 3 saturated heterocycles. The number of carbonyl (C=O) groups excluding carboxylic acids is 4. The van der Waals surface area contributed by atoms with Crippen LogP contribution in [0.15, 0.2) is 85.0 Å². The zero-order chi connectivity index (χ0) is 32.4. The molecular formula is C35H35NO10. The third-order valence-corrected chi connectivity index (χ3v) is 10.1. The summed E-state index contributed by atoms with van der Waals surface area (Å²) in [5, 5.41) is 14.1. The number of aliphatic hydroxyl groups is 1. The minimum Gasteiger partial charge on any atom is -0.459 e. The van der Waals surface area contributed by atoms with Crippen LogP contribution in [0.4, 0.5) is 0 Å². The molecule has 2 N–H and O–H groups in total. The molecule has 1 amide bonds. The Bertz CT molecular complexity index is 1600. The fraction of sp³-hybridized carbons (Fsp3) is 0.429. The number of hydrogen-bond acceptors (Lipinski definition) is 10. The summed E-state index contributed by atoms with van der Waals surface area (Å²) in [4.78, 5) is 52.4. The van der Waals surface area contributed by atoms with Crippen LogP contribution >= 0.6 is 0 Å². The number of ether oxygens (including phenoxy) is 5. The van der Waals surface area contributed by atoms with E-state index in [0.717, 1.165) is 5.57 Å². The van der Waals surface area contributed by atoms with E-state index in [9.17, 15) is 24.3 Å². The molecule has 3 aliphatic heterocycles. The number of epoxide rings is 2. The van der Waals surface area contributed by atoms with Crippen molar-refractivity contribution in [2.24, 2.45) is 17.8 Å². The number of amides is 1. The van der Waals surface area contributed by atoms with Gasteiger partial charge in [-0.3, -0.25) is 4.79 Å². The molecule has 2 aromatic rings. The summed E-state index contributed by atoms with van der Waals surface area (Å²) in [5.41, 5.74) is -0.184. The first kappa shape index (κ1) is 30.3. The average molecular weight is 630 g/mol. The lowest BCUT2D eigenvalue weighted by Crippen LogP contribution is -2.46. The van der Waals surface area contributed by atoms with Gasteiger partial charge in [0.15, 0.2) is 11.7 Å². The normalized spacial score (nSPS) is 35.2. The van der Waals surface area contributed by atoms with E-state index in [-0.39, 0.29) is 31.1 Å². The summed E-state index contributed by atoms with van der Waals surface area (Å²) >= 11 is 0. The average Bonchev–Trinajstić information content (AvgIpc) is 3.96. The Morgan fingerprint density at radius 2 is 1.65 bits per heavy atom. The van der Waals surface area contributed by atoms with E-state index in [1.165, 1.54) is 0 Å². The van der Waals surface area contributed by atoms with Gasteiger partial charge in [-0.05, 0) is 37.0 Å². The molecule has 0 unspecified atom stereocenters. The zero-order valence-corrected chi connectivity index (χ0v) is 25.3. The van der Waals surface area contributed by atoms with Crippen LogP contribution in [0.2, 0.25) is 0 Å². The molecule has 2 aromatic carbocycles. The molecule has 10 atom stereocenters. The summed E-state index contributed by atoms with van der Waals surface area (Å²) in [6.45, 7) is 10.4. The molecule has 1 spiro atoms. The first-order valence-corrected chi connectivity index (χ1v) is 15.4. The zero-order valence-electron chi connectivity index (χ0n) is 25.3. The Morgan fingerprint density at radius 1 is 1.00 bits per heavy atom. The second-order valence-corrected chi connectivity index (χ2v) is 13.0. The number of carbonyl (C=O) groups is 4. The number of fused-ring (bicyclic) bond motifs is 4. The fourth-order valence-corrected chi connectivity index (χ4v) is 7.31. The predicted molar refractivity (Wildman–Crippen MR) is 160 cm³/mol. The van der Waals surface area contributed by atoms with Crippen LogP contribution in [-0.2, 0) is 38.1 Å². The van der Waals surface area contributed by atoms with Gasteiger partial charge in [0.2, 0.25) is 0 Å². The van der Waals surface area contributed by atoms with Gasteiger partial charge >= 0.3 is 17.9 Å². The third kappa shape index (κ3) is 5.12. The number of benzene rings is 2. The first-order chi connectivity index (χ1) is 22.0. The molecule has 240 valence electrons. The summed E-state index contributed by atoms with van der Waals surface area (Å²) in [5.74, 6) is -3.91. The number of aliphatic hydroxyl groups excluding tert-OH is 1. The second kappa shape index (κ2) is 11.2. The summed E-state index contributed by atoms with van der Waals surface area (Å²) in [6, 6.07) is 16.1. The van der Waals surface area contributed by atoms with Crippen molar-refractivity contribution < 1.29 is 48.0 Å². The lowest BCUT2D eigenvalue weighted by atomic mass is 9.78. The van der Waals surface area contributed by atoms with Crippen molar-refractivity contribution in [2.75, 3.05) is 13.2 Å². The van der Waals surface area contributed by atoms with Crippen LogP contribution in [0.25, 0.3) is 0 Å². The number of nitrogens with one attached hydrogen (secondary N) is 1. The van der Waals surface area contributed by atoms with E-state index in [4.69, 9.17) is 23.7 Å². The maximum Gasteiger partial charge on any atom is 0.340 e. The van der Waals surface area contributed by atoms with Crippen molar-refractivity contribution in [2.45, 2.75) is 61.4 Å². The molecule has 46 heavy (non-hydrogen) atoms. The van der Waals surface area contributed by atoms with Crippen molar-refractivity contribution in [3.8, 4) is 0 Å². The molecule has 0 bridgehead atoms. The van der Waals surface area contributed by atoms with Gasteiger partial charge in [0, 0.05) is 23.5 Å². The summed E-state index contributed by atoms with van der Waals surface area (Å²) < 4.78 is 29.1. The van der Waals surface area contributed by atoms with Crippen molar-refractivity contribution in [3.05, 3.63) is 96.1 Å². The Morgan fingerprint density at radius 3 is 2.28 bits per heavy atom. The quantitative estimate of drug-likeness (QED) is 0.147. The lowest BCUT2D eigenvalue weighted by molar-refractivity contribution is -0.166. The maximum atomic E-state index is 13.6. The van der Waals surface area contributed by atoms with Gasteiger partial charge in [-0.1, -0.05) is 67.3 Å². The van der Waals surface area contributed by atoms with Crippen molar-refractivity contribution in [1.29, 1.82) is 0 Å². The van der Waals surface area contributed by atoms with Crippen LogP contribution in [0.5, 0.6) is 0 Å². The Balaban J connectivity index is 1.12. The van der Waals surface area contributed by atoms with Crippen molar-refractivity contribution in [3.63, 3.8) is 0 Å². The van der Waals surface area contributed by atoms with Gasteiger partial charge in [0.1, 0.15) is 23.9 Å². The smallest absolute Gasteiger partial charge is 0.340 e. The topological polar surface area (TPSA) is 153 Å². The fourth-order valence-electron chi connectivity index (χ4n) is 7.31. The second-order valence-electron chi connectivity index (χ2n) is 13.0. The molecular weight excluding hydrogens is 594 g/mol. The van der Waals surface area contributed by atoms with Crippen molar-refractivity contribution >= 4 is 23.8 Å².